The van der Waals surface area contributed by atoms with Gasteiger partial charge in [-0.25, -0.2) is 4.98 Å². The summed E-state index contributed by atoms with van der Waals surface area (Å²) in [7, 11) is 3.51. The highest BCUT2D eigenvalue weighted by Crippen LogP contribution is 2.11. The average Bonchev–Trinajstić information content (AvgIpc) is 2.95. The standard InChI is InChI=1S/C14H21N5O2/c1-9(2)6-11-16-12(21-17-11)7-18(4)14(20)13-10(3)15-8-19(13)5/h8-9H,6-7H2,1-5H3. The third-order valence-electron chi connectivity index (χ3n) is 3.14. The van der Waals surface area contributed by atoms with Gasteiger partial charge in [0.25, 0.3) is 5.91 Å². The van der Waals surface area contributed by atoms with Gasteiger partial charge in [-0.1, -0.05) is 19.0 Å². The summed E-state index contributed by atoms with van der Waals surface area (Å²) in [5, 5.41) is 3.92. The molecule has 2 aromatic rings. The molecule has 0 aliphatic carbocycles. The van der Waals surface area contributed by atoms with Crippen LogP contribution in [-0.4, -0.2) is 37.5 Å². The normalized spacial score (nSPS) is 11.1. The summed E-state index contributed by atoms with van der Waals surface area (Å²) in [6.45, 7) is 6.29. The van der Waals surface area contributed by atoms with E-state index in [1.54, 1.807) is 29.9 Å². The van der Waals surface area contributed by atoms with Gasteiger partial charge >= 0.3 is 0 Å². The monoisotopic (exact) mass is 291 g/mol. The number of rotatable bonds is 5. The Bertz CT molecular complexity index is 610. The van der Waals surface area contributed by atoms with Crippen molar-refractivity contribution in [3.05, 3.63) is 29.4 Å². The number of aryl methyl sites for hydroxylation is 2. The van der Waals surface area contributed by atoms with Crippen molar-refractivity contribution in [1.82, 2.24) is 24.6 Å². The van der Waals surface area contributed by atoms with Crippen LogP contribution >= 0.6 is 0 Å². The van der Waals surface area contributed by atoms with Crippen LogP contribution in [0.3, 0.4) is 0 Å². The van der Waals surface area contributed by atoms with Crippen LogP contribution in [-0.2, 0) is 20.0 Å². The summed E-state index contributed by atoms with van der Waals surface area (Å²) in [5.74, 6) is 1.47. The van der Waals surface area contributed by atoms with Crippen molar-refractivity contribution in [3.8, 4) is 0 Å². The molecular formula is C14H21N5O2. The summed E-state index contributed by atoms with van der Waals surface area (Å²) in [6.07, 6.45) is 2.39. The van der Waals surface area contributed by atoms with E-state index in [4.69, 9.17) is 4.52 Å². The van der Waals surface area contributed by atoms with Crippen LogP contribution in [0.25, 0.3) is 0 Å². The first kappa shape index (κ1) is 15.2. The van der Waals surface area contributed by atoms with E-state index >= 15 is 0 Å². The van der Waals surface area contributed by atoms with E-state index < -0.39 is 0 Å². The molecule has 0 saturated heterocycles. The molecule has 0 atom stereocenters. The first-order chi connectivity index (χ1) is 9.88. The summed E-state index contributed by atoms with van der Waals surface area (Å²) in [4.78, 5) is 22.4. The topological polar surface area (TPSA) is 77.1 Å². The lowest BCUT2D eigenvalue weighted by molar-refractivity contribution is 0.0759. The second kappa shape index (κ2) is 6.07. The largest absolute Gasteiger partial charge is 0.337 e. The molecule has 1 amide bonds. The molecule has 7 heteroatoms. The van der Waals surface area contributed by atoms with Crippen LogP contribution in [0.5, 0.6) is 0 Å². The quantitative estimate of drug-likeness (QED) is 0.836. The zero-order valence-electron chi connectivity index (χ0n) is 13.1. The zero-order chi connectivity index (χ0) is 15.6. The zero-order valence-corrected chi connectivity index (χ0v) is 13.1. The number of hydrogen-bond donors (Lipinski definition) is 0. The minimum atomic E-state index is -0.115. The van der Waals surface area contributed by atoms with Gasteiger partial charge in [0.2, 0.25) is 5.89 Å². The van der Waals surface area contributed by atoms with E-state index in [1.165, 1.54) is 0 Å². The average molecular weight is 291 g/mol. The Labute approximate surface area is 124 Å². The minimum absolute atomic E-state index is 0.115. The van der Waals surface area contributed by atoms with Gasteiger partial charge < -0.3 is 14.0 Å². The van der Waals surface area contributed by atoms with Crippen molar-refractivity contribution in [2.45, 2.75) is 33.7 Å². The Balaban J connectivity index is 2.06. The van der Waals surface area contributed by atoms with Crippen molar-refractivity contribution in [3.63, 3.8) is 0 Å². The molecule has 114 valence electrons. The number of hydrogen-bond acceptors (Lipinski definition) is 5. The summed E-state index contributed by atoms with van der Waals surface area (Å²) in [6, 6.07) is 0. The molecule has 0 saturated carbocycles. The van der Waals surface area contributed by atoms with Crippen molar-refractivity contribution in [1.29, 1.82) is 0 Å². The molecule has 2 aromatic heterocycles. The lowest BCUT2D eigenvalue weighted by Crippen LogP contribution is -2.28. The van der Waals surface area contributed by atoms with E-state index in [0.29, 0.717) is 29.0 Å². The first-order valence-electron chi connectivity index (χ1n) is 6.93. The van der Waals surface area contributed by atoms with Gasteiger partial charge in [-0.3, -0.25) is 4.79 Å². The van der Waals surface area contributed by atoms with Gasteiger partial charge in [-0.2, -0.15) is 4.98 Å². The van der Waals surface area contributed by atoms with Gasteiger partial charge in [0.05, 0.1) is 12.0 Å². The highest BCUT2D eigenvalue weighted by atomic mass is 16.5. The highest BCUT2D eigenvalue weighted by Gasteiger charge is 2.20. The lowest BCUT2D eigenvalue weighted by Gasteiger charge is -2.15. The highest BCUT2D eigenvalue weighted by molar-refractivity contribution is 5.93. The van der Waals surface area contributed by atoms with Gasteiger partial charge in [0, 0.05) is 20.5 Å². The summed E-state index contributed by atoms with van der Waals surface area (Å²) < 4.78 is 6.90. The van der Waals surface area contributed by atoms with Gasteiger partial charge in [0.15, 0.2) is 5.82 Å². The van der Waals surface area contributed by atoms with Crippen molar-refractivity contribution >= 4 is 5.91 Å². The molecule has 2 heterocycles. The minimum Gasteiger partial charge on any atom is -0.337 e. The molecule has 21 heavy (non-hydrogen) atoms. The number of imidazole rings is 1. The lowest BCUT2D eigenvalue weighted by atomic mass is 10.1. The molecule has 0 N–H and O–H groups in total. The van der Waals surface area contributed by atoms with Gasteiger partial charge in [-0.05, 0) is 12.8 Å². The molecule has 0 fully saturated rings. The molecule has 0 aliphatic heterocycles. The van der Waals surface area contributed by atoms with Crippen LogP contribution < -0.4 is 0 Å². The molecule has 2 rings (SSSR count). The predicted molar refractivity (Wildman–Crippen MR) is 76.6 cm³/mol. The molecule has 0 unspecified atom stereocenters. The predicted octanol–water partition coefficient (Wildman–Crippen LogP) is 1.58. The van der Waals surface area contributed by atoms with Crippen molar-refractivity contribution in [2.24, 2.45) is 13.0 Å². The fourth-order valence-electron chi connectivity index (χ4n) is 2.11. The second-order valence-electron chi connectivity index (χ2n) is 5.65. The Morgan fingerprint density at radius 3 is 2.76 bits per heavy atom. The Morgan fingerprint density at radius 1 is 1.48 bits per heavy atom. The SMILES string of the molecule is Cc1ncn(C)c1C(=O)N(C)Cc1nc(CC(C)C)no1. The molecule has 0 radical (unpaired) electrons. The molecule has 0 spiro atoms. The van der Waals surface area contributed by atoms with Crippen LogP contribution in [0.4, 0.5) is 0 Å². The maximum Gasteiger partial charge on any atom is 0.272 e. The van der Waals surface area contributed by atoms with Crippen molar-refractivity contribution < 1.29 is 9.32 Å². The first-order valence-corrected chi connectivity index (χ1v) is 6.93. The second-order valence-corrected chi connectivity index (χ2v) is 5.65. The van der Waals surface area contributed by atoms with E-state index in [9.17, 15) is 4.79 Å². The third kappa shape index (κ3) is 3.48. The Hall–Kier alpha value is -2.18. The molecular weight excluding hydrogens is 270 g/mol. The van der Waals surface area contributed by atoms with Gasteiger partial charge in [-0.15, -0.1) is 0 Å². The fourth-order valence-corrected chi connectivity index (χ4v) is 2.11. The Morgan fingerprint density at radius 2 is 2.19 bits per heavy atom. The number of carbonyl (C=O) groups excluding carboxylic acids is 1. The number of carbonyl (C=O) groups is 1. The van der Waals surface area contributed by atoms with E-state index in [-0.39, 0.29) is 12.5 Å². The van der Waals surface area contributed by atoms with E-state index in [0.717, 1.165) is 6.42 Å². The van der Waals surface area contributed by atoms with E-state index in [2.05, 4.69) is 29.0 Å². The van der Waals surface area contributed by atoms with Crippen LogP contribution in [0.1, 0.15) is 41.7 Å². The van der Waals surface area contributed by atoms with Crippen molar-refractivity contribution in [2.75, 3.05) is 7.05 Å². The number of amides is 1. The maximum absolute atomic E-state index is 12.4. The molecule has 0 aliphatic rings. The third-order valence-corrected chi connectivity index (χ3v) is 3.14. The van der Waals surface area contributed by atoms with Crippen LogP contribution in [0.2, 0.25) is 0 Å². The van der Waals surface area contributed by atoms with E-state index in [1.807, 2.05) is 6.92 Å². The number of aromatic nitrogens is 4. The summed E-state index contributed by atoms with van der Waals surface area (Å²) >= 11 is 0. The molecule has 0 aromatic carbocycles. The Kier molecular flexibility index (Phi) is 4.40. The maximum atomic E-state index is 12.4. The van der Waals surface area contributed by atoms with Crippen LogP contribution in [0.15, 0.2) is 10.9 Å². The van der Waals surface area contributed by atoms with Crippen LogP contribution in [0, 0.1) is 12.8 Å². The summed E-state index contributed by atoms with van der Waals surface area (Å²) in [5.41, 5.74) is 1.28. The smallest absolute Gasteiger partial charge is 0.272 e. The number of nitrogens with zero attached hydrogens (tertiary/aromatic N) is 5. The fraction of sp³-hybridized carbons (Fsp3) is 0.571. The van der Waals surface area contributed by atoms with Gasteiger partial charge in [0.1, 0.15) is 12.2 Å². The molecule has 0 bridgehead atoms. The molecule has 7 nitrogen and oxygen atoms in total.